The van der Waals surface area contributed by atoms with Gasteiger partial charge in [-0.05, 0) is 52.6 Å². The molecule has 2 aliphatic rings. The number of benzene rings is 2. The van der Waals surface area contributed by atoms with E-state index in [0.717, 1.165) is 41.6 Å². The lowest BCUT2D eigenvalue weighted by atomic mass is 9.98. The molecule has 2 aliphatic heterocycles. The van der Waals surface area contributed by atoms with Crippen molar-refractivity contribution in [1.82, 2.24) is 10.2 Å². The lowest BCUT2D eigenvalue weighted by molar-refractivity contribution is -0.0956. The van der Waals surface area contributed by atoms with E-state index in [0.29, 0.717) is 5.57 Å². The summed E-state index contributed by atoms with van der Waals surface area (Å²) in [6, 6.07) is 6.62. The molecule has 0 spiro atoms. The minimum Gasteiger partial charge on any atom is -0.357 e. The summed E-state index contributed by atoms with van der Waals surface area (Å²) in [5.74, 6) is -2.97. The van der Waals surface area contributed by atoms with Gasteiger partial charge in [0.1, 0.15) is 5.70 Å². The van der Waals surface area contributed by atoms with Crippen molar-refractivity contribution in [2.45, 2.75) is 11.1 Å². The molecule has 0 saturated heterocycles. The number of alkyl halides is 3. The zero-order valence-corrected chi connectivity index (χ0v) is 17.7. The quantitative estimate of drug-likeness (QED) is 0.663. The average molecular weight is 482 g/mol. The van der Waals surface area contributed by atoms with E-state index in [1.165, 1.54) is 24.4 Å². The Bertz CT molecular complexity index is 1370. The van der Waals surface area contributed by atoms with Crippen LogP contribution in [0.1, 0.15) is 10.4 Å². The fourth-order valence-corrected chi connectivity index (χ4v) is 4.13. The van der Waals surface area contributed by atoms with E-state index in [4.69, 9.17) is 0 Å². The Morgan fingerprint density at radius 1 is 1.06 bits per heavy atom. The van der Waals surface area contributed by atoms with Gasteiger partial charge in [0.25, 0.3) is 5.91 Å². The molecule has 1 amide bonds. The minimum absolute atomic E-state index is 0.0663. The Hall–Kier alpha value is -3.47. The predicted octanol–water partition coefficient (Wildman–Crippen LogP) is 4.31. The first-order valence-electron chi connectivity index (χ1n) is 9.42. The number of dihydropyridines is 1. The van der Waals surface area contributed by atoms with Crippen molar-refractivity contribution >= 4 is 15.7 Å². The summed E-state index contributed by atoms with van der Waals surface area (Å²) in [5, 5.41) is 2.15. The highest BCUT2D eigenvalue weighted by atomic mass is 32.2. The number of hydrogen-bond acceptors (Lipinski definition) is 4. The molecule has 0 fully saturated rings. The highest BCUT2D eigenvalue weighted by molar-refractivity contribution is 7.90. The summed E-state index contributed by atoms with van der Waals surface area (Å²) in [6.45, 7) is -0.0663. The van der Waals surface area contributed by atoms with E-state index < -0.39 is 39.3 Å². The first-order valence-corrected chi connectivity index (χ1v) is 11.3. The molecule has 0 aliphatic carbocycles. The average Bonchev–Trinajstić information content (AvgIpc) is 3.17. The van der Waals surface area contributed by atoms with E-state index >= 15 is 0 Å². The van der Waals surface area contributed by atoms with Crippen LogP contribution in [0.25, 0.3) is 11.1 Å². The van der Waals surface area contributed by atoms with E-state index in [1.807, 2.05) is 0 Å². The zero-order valence-electron chi connectivity index (χ0n) is 16.9. The van der Waals surface area contributed by atoms with Crippen molar-refractivity contribution in [1.29, 1.82) is 0 Å². The van der Waals surface area contributed by atoms with Crippen LogP contribution in [0, 0.1) is 11.6 Å². The van der Waals surface area contributed by atoms with Crippen LogP contribution in [-0.2, 0) is 9.84 Å². The number of nitrogens with one attached hydrogen (secondary N) is 1. The molecule has 11 heteroatoms. The van der Waals surface area contributed by atoms with Crippen molar-refractivity contribution < 1.29 is 35.2 Å². The second-order valence-corrected chi connectivity index (χ2v) is 9.51. The standard InChI is InChI=1S/C22H15F5N2O3S/c1-33(31,32)15-3-4-16(12-2-5-18(23)19(24)6-12)17(8-15)21(30)29-10-13-7-20(22(25,26)27)28-9-14(13)11-29/h2-10,28H,11H2,1H3. The number of halogens is 5. The fourth-order valence-electron chi connectivity index (χ4n) is 3.49. The van der Waals surface area contributed by atoms with Crippen LogP contribution >= 0.6 is 0 Å². The highest BCUT2D eigenvalue weighted by Crippen LogP contribution is 2.34. The van der Waals surface area contributed by atoms with Crippen molar-refractivity contribution in [3.8, 4) is 11.1 Å². The Morgan fingerprint density at radius 2 is 1.79 bits per heavy atom. The van der Waals surface area contributed by atoms with Gasteiger partial charge in [-0.2, -0.15) is 13.2 Å². The topological polar surface area (TPSA) is 66.5 Å². The van der Waals surface area contributed by atoms with Gasteiger partial charge in [0.15, 0.2) is 21.5 Å². The van der Waals surface area contributed by atoms with Crippen LogP contribution in [0.5, 0.6) is 0 Å². The number of carbonyl (C=O) groups is 1. The second-order valence-electron chi connectivity index (χ2n) is 7.50. The van der Waals surface area contributed by atoms with Crippen LogP contribution in [0.4, 0.5) is 22.0 Å². The van der Waals surface area contributed by atoms with Crippen LogP contribution in [0.3, 0.4) is 0 Å². The molecule has 172 valence electrons. The van der Waals surface area contributed by atoms with Gasteiger partial charge in [0, 0.05) is 24.2 Å². The van der Waals surface area contributed by atoms with Crippen molar-refractivity contribution in [3.63, 3.8) is 0 Å². The largest absolute Gasteiger partial charge is 0.431 e. The molecule has 0 aromatic heterocycles. The summed E-state index contributed by atoms with van der Waals surface area (Å²) >= 11 is 0. The summed E-state index contributed by atoms with van der Waals surface area (Å²) < 4.78 is 90.3. The molecule has 5 nitrogen and oxygen atoms in total. The minimum atomic E-state index is -4.61. The molecule has 1 N–H and O–H groups in total. The first-order chi connectivity index (χ1) is 15.3. The summed E-state index contributed by atoms with van der Waals surface area (Å²) in [4.78, 5) is 14.3. The second kappa shape index (κ2) is 7.84. The normalized spacial score (nSPS) is 15.9. The number of hydrogen-bond donors (Lipinski definition) is 1. The number of amides is 1. The third-order valence-electron chi connectivity index (χ3n) is 5.15. The molecule has 33 heavy (non-hydrogen) atoms. The summed E-state index contributed by atoms with van der Waals surface area (Å²) in [7, 11) is -3.72. The smallest absolute Gasteiger partial charge is 0.357 e. The van der Waals surface area contributed by atoms with Gasteiger partial charge in [-0.1, -0.05) is 12.1 Å². The molecule has 0 atom stereocenters. The highest BCUT2D eigenvalue weighted by Gasteiger charge is 2.37. The molecule has 4 rings (SSSR count). The van der Waals surface area contributed by atoms with Crippen LogP contribution in [0.2, 0.25) is 0 Å². The number of allylic oxidation sites excluding steroid dienone is 2. The lowest BCUT2D eigenvalue weighted by Gasteiger charge is -2.18. The van der Waals surface area contributed by atoms with E-state index in [1.54, 1.807) is 0 Å². The molecule has 2 aromatic rings. The first kappa shape index (κ1) is 22.7. The zero-order chi connectivity index (χ0) is 24.1. The van der Waals surface area contributed by atoms with Crippen molar-refractivity contribution in [2.75, 3.05) is 12.8 Å². The Labute approximate surface area is 185 Å². The number of fused-ring (bicyclic) bond motifs is 1. The van der Waals surface area contributed by atoms with Crippen LogP contribution in [-0.4, -0.2) is 38.2 Å². The van der Waals surface area contributed by atoms with Gasteiger partial charge in [-0.25, -0.2) is 17.2 Å². The maximum absolute atomic E-state index is 13.8. The maximum Gasteiger partial charge on any atom is 0.431 e. The number of sulfone groups is 1. The van der Waals surface area contributed by atoms with E-state index in [2.05, 4.69) is 5.32 Å². The molecular formula is C22H15F5N2O3S. The molecule has 0 saturated carbocycles. The lowest BCUT2D eigenvalue weighted by Crippen LogP contribution is -2.27. The molecule has 2 heterocycles. The molecular weight excluding hydrogens is 467 g/mol. The number of nitrogens with zero attached hydrogens (tertiary/aromatic N) is 1. The number of rotatable bonds is 3. The van der Waals surface area contributed by atoms with Crippen LogP contribution in [0.15, 0.2) is 76.6 Å². The molecule has 0 radical (unpaired) electrons. The third-order valence-corrected chi connectivity index (χ3v) is 6.26. The molecule has 2 aromatic carbocycles. The van der Waals surface area contributed by atoms with Gasteiger partial charge < -0.3 is 10.2 Å². The summed E-state index contributed by atoms with van der Waals surface area (Å²) in [5.41, 5.74) is -0.269. The molecule has 0 unspecified atom stereocenters. The van der Waals surface area contributed by atoms with Gasteiger partial charge in [-0.15, -0.1) is 0 Å². The summed E-state index contributed by atoms with van der Waals surface area (Å²) in [6.07, 6.45) is -0.427. The van der Waals surface area contributed by atoms with Crippen molar-refractivity contribution in [3.05, 3.63) is 88.9 Å². The van der Waals surface area contributed by atoms with Gasteiger partial charge in [-0.3, -0.25) is 4.79 Å². The SMILES string of the molecule is CS(=O)(=O)c1ccc(-c2ccc(F)c(F)c2)c(C(=O)N2C=C3C=C(C(F)(F)F)NC=C3C2)c1. The molecule has 0 bridgehead atoms. The Kier molecular flexibility index (Phi) is 5.39. The Morgan fingerprint density at radius 3 is 2.42 bits per heavy atom. The fraction of sp³-hybridized carbons (Fsp3) is 0.136. The van der Waals surface area contributed by atoms with Gasteiger partial charge in [0.05, 0.1) is 11.4 Å². The third kappa shape index (κ3) is 4.40. The van der Waals surface area contributed by atoms with E-state index in [9.17, 15) is 35.2 Å². The maximum atomic E-state index is 13.8. The van der Waals surface area contributed by atoms with Crippen LogP contribution < -0.4 is 5.32 Å². The van der Waals surface area contributed by atoms with Gasteiger partial charge in [0.2, 0.25) is 0 Å². The predicted molar refractivity (Wildman–Crippen MR) is 109 cm³/mol. The monoisotopic (exact) mass is 482 g/mol. The van der Waals surface area contributed by atoms with Crippen molar-refractivity contribution in [2.24, 2.45) is 0 Å². The Balaban J connectivity index is 1.79. The van der Waals surface area contributed by atoms with E-state index in [-0.39, 0.29) is 33.7 Å². The number of carbonyl (C=O) groups excluding carboxylic acids is 1. The van der Waals surface area contributed by atoms with Gasteiger partial charge >= 0.3 is 6.18 Å².